The minimum absolute atomic E-state index is 0.0925. The van der Waals surface area contributed by atoms with E-state index in [0.717, 1.165) is 22.5 Å². The van der Waals surface area contributed by atoms with E-state index in [0.29, 0.717) is 53.8 Å². The summed E-state index contributed by atoms with van der Waals surface area (Å²) in [6, 6.07) is 4.77. The third-order valence-corrected chi connectivity index (χ3v) is 9.98. The first-order valence-corrected chi connectivity index (χ1v) is 19.2. The van der Waals surface area contributed by atoms with Crippen LogP contribution in [0.1, 0.15) is 27.7 Å². The normalized spacial score (nSPS) is 16.4. The standard InChI is InChI=1S/C31H44ClN7O4Si/c1-20-16-37(30(41)43-31(2,3)4)12-13-39(20)29-33-27-25(28(40)36(29)6)22(18-38(27)19-42-14-15-44(7,8)9)21-10-11-24-23(26(21)32)17-35(5)34-24/h10-11,17-18,20H,12-16,19H2,1-9H3/t20-/m1/s1. The van der Waals surface area contributed by atoms with E-state index in [1.807, 2.05) is 63.8 Å². The van der Waals surface area contributed by atoms with Gasteiger partial charge in [-0.3, -0.25) is 14.0 Å². The van der Waals surface area contributed by atoms with Gasteiger partial charge in [-0.05, 0) is 39.8 Å². The predicted molar refractivity (Wildman–Crippen MR) is 178 cm³/mol. The first-order valence-electron chi connectivity index (χ1n) is 15.1. The van der Waals surface area contributed by atoms with E-state index >= 15 is 0 Å². The Morgan fingerprint density at radius 2 is 1.84 bits per heavy atom. The molecule has 0 unspecified atom stereocenters. The molecule has 0 bridgehead atoms. The largest absolute Gasteiger partial charge is 0.444 e. The lowest BCUT2D eigenvalue weighted by Crippen LogP contribution is -2.55. The number of carbonyl (C=O) groups is 1. The highest BCUT2D eigenvalue weighted by atomic mass is 35.5. The highest BCUT2D eigenvalue weighted by Gasteiger charge is 2.32. The molecule has 0 aliphatic carbocycles. The lowest BCUT2D eigenvalue weighted by Gasteiger charge is -2.41. The van der Waals surface area contributed by atoms with Crippen LogP contribution in [0.5, 0.6) is 0 Å². The molecular weight excluding hydrogens is 598 g/mol. The number of rotatable bonds is 7. The Morgan fingerprint density at radius 1 is 1.11 bits per heavy atom. The smallest absolute Gasteiger partial charge is 0.410 e. The molecular formula is C31H44ClN7O4Si. The summed E-state index contributed by atoms with van der Waals surface area (Å²) in [5, 5.41) is 6.31. The van der Waals surface area contributed by atoms with Crippen LogP contribution in [-0.4, -0.2) is 80.8 Å². The number of carbonyl (C=O) groups excluding carboxylic acids is 1. The number of fused-ring (bicyclic) bond motifs is 2. The third-order valence-electron chi connectivity index (χ3n) is 7.87. The topological polar surface area (TPSA) is 99.7 Å². The van der Waals surface area contributed by atoms with E-state index in [4.69, 9.17) is 26.1 Å². The van der Waals surface area contributed by atoms with Gasteiger partial charge in [-0.1, -0.05) is 37.3 Å². The van der Waals surface area contributed by atoms with Crippen molar-refractivity contribution < 1.29 is 14.3 Å². The summed E-state index contributed by atoms with van der Waals surface area (Å²) in [5.41, 5.74) is 2.02. The van der Waals surface area contributed by atoms with Crippen LogP contribution >= 0.6 is 11.6 Å². The zero-order valence-corrected chi connectivity index (χ0v) is 29.0. The van der Waals surface area contributed by atoms with Gasteiger partial charge >= 0.3 is 6.09 Å². The molecule has 11 nitrogen and oxygen atoms in total. The molecule has 0 N–H and O–H groups in total. The Hall–Kier alpha value is -3.35. The van der Waals surface area contributed by atoms with Gasteiger partial charge in [-0.15, -0.1) is 0 Å². The maximum absolute atomic E-state index is 14.2. The molecule has 0 spiro atoms. The number of ether oxygens (including phenoxy) is 2. The number of piperazine rings is 1. The molecule has 1 amide bonds. The van der Waals surface area contributed by atoms with Crippen molar-refractivity contribution >= 4 is 53.7 Å². The average Bonchev–Trinajstić information content (AvgIpc) is 3.48. The van der Waals surface area contributed by atoms with Crippen LogP contribution < -0.4 is 10.5 Å². The summed E-state index contributed by atoms with van der Waals surface area (Å²) >= 11 is 6.95. The summed E-state index contributed by atoms with van der Waals surface area (Å²) in [5.74, 6) is 0.542. The number of nitrogens with zero attached hydrogens (tertiary/aromatic N) is 7. The van der Waals surface area contributed by atoms with Crippen molar-refractivity contribution in [3.05, 3.63) is 39.9 Å². The van der Waals surface area contributed by atoms with Gasteiger partial charge in [0.15, 0.2) is 5.65 Å². The molecule has 1 atom stereocenters. The SMILES string of the molecule is C[C@@H]1CN(C(=O)OC(C)(C)C)CCN1c1nc2c(c(-c3ccc4nn(C)cc4c3Cl)cn2COCC[Si](C)(C)C)c(=O)n1C. The van der Waals surface area contributed by atoms with E-state index in [1.54, 1.807) is 21.2 Å². The fourth-order valence-electron chi connectivity index (χ4n) is 5.54. The van der Waals surface area contributed by atoms with Crippen LogP contribution in [0.2, 0.25) is 30.7 Å². The van der Waals surface area contributed by atoms with E-state index in [9.17, 15) is 9.59 Å². The van der Waals surface area contributed by atoms with E-state index in [2.05, 4.69) is 29.6 Å². The highest BCUT2D eigenvalue weighted by Crippen LogP contribution is 2.38. The van der Waals surface area contributed by atoms with Crippen molar-refractivity contribution in [2.24, 2.45) is 14.1 Å². The molecule has 4 heterocycles. The number of hydrogen-bond acceptors (Lipinski definition) is 7. The maximum atomic E-state index is 14.2. The molecule has 4 aromatic rings. The summed E-state index contributed by atoms with van der Waals surface area (Å²) in [6.45, 7) is 16.9. The average molecular weight is 642 g/mol. The summed E-state index contributed by atoms with van der Waals surface area (Å²) in [4.78, 5) is 35.8. The quantitative estimate of drug-likeness (QED) is 0.189. The molecule has 1 aromatic carbocycles. The van der Waals surface area contributed by atoms with E-state index in [1.165, 1.54) is 0 Å². The van der Waals surface area contributed by atoms with Crippen LogP contribution in [0.25, 0.3) is 33.1 Å². The van der Waals surface area contributed by atoms with Gasteiger partial charge in [-0.25, -0.2) is 4.79 Å². The minimum atomic E-state index is -1.28. The zero-order chi connectivity index (χ0) is 32.1. The van der Waals surface area contributed by atoms with Gasteiger partial charge in [0.2, 0.25) is 5.95 Å². The second-order valence-corrected chi connectivity index (χ2v) is 20.0. The molecule has 44 heavy (non-hydrogen) atoms. The van der Waals surface area contributed by atoms with E-state index < -0.39 is 13.7 Å². The Labute approximate surface area is 264 Å². The lowest BCUT2D eigenvalue weighted by atomic mass is 10.0. The maximum Gasteiger partial charge on any atom is 0.410 e. The van der Waals surface area contributed by atoms with Gasteiger partial charge in [0.05, 0.1) is 15.9 Å². The van der Waals surface area contributed by atoms with Gasteiger partial charge in [-0.2, -0.15) is 10.1 Å². The van der Waals surface area contributed by atoms with Gasteiger partial charge in [0.1, 0.15) is 12.3 Å². The summed E-state index contributed by atoms with van der Waals surface area (Å²) in [6.07, 6.45) is 3.47. The van der Waals surface area contributed by atoms with Crippen LogP contribution in [0.3, 0.4) is 0 Å². The summed E-state index contributed by atoms with van der Waals surface area (Å²) < 4.78 is 17.0. The molecule has 1 saturated heterocycles. The lowest BCUT2D eigenvalue weighted by molar-refractivity contribution is 0.0217. The minimum Gasteiger partial charge on any atom is -0.444 e. The monoisotopic (exact) mass is 641 g/mol. The summed E-state index contributed by atoms with van der Waals surface area (Å²) in [7, 11) is 2.32. The van der Waals surface area contributed by atoms with Crippen molar-refractivity contribution in [3.63, 3.8) is 0 Å². The molecule has 1 aliphatic rings. The Balaban J connectivity index is 1.56. The Morgan fingerprint density at radius 3 is 2.50 bits per heavy atom. The second-order valence-electron chi connectivity index (χ2n) is 14.0. The van der Waals surface area contributed by atoms with Gasteiger partial charge < -0.3 is 23.8 Å². The fourth-order valence-corrected chi connectivity index (χ4v) is 6.61. The van der Waals surface area contributed by atoms with Crippen LogP contribution in [0, 0.1) is 0 Å². The number of amides is 1. The van der Waals surface area contributed by atoms with Crippen LogP contribution in [0.15, 0.2) is 29.3 Å². The highest BCUT2D eigenvalue weighted by molar-refractivity contribution is 6.76. The number of benzene rings is 1. The molecule has 3 aromatic heterocycles. The van der Waals surface area contributed by atoms with Crippen LogP contribution in [-0.2, 0) is 30.3 Å². The van der Waals surface area contributed by atoms with E-state index in [-0.39, 0.29) is 24.4 Å². The van der Waals surface area contributed by atoms with Crippen LogP contribution in [0.4, 0.5) is 10.7 Å². The number of hydrogen-bond donors (Lipinski definition) is 0. The van der Waals surface area contributed by atoms with Crippen molar-refractivity contribution in [2.75, 3.05) is 31.1 Å². The van der Waals surface area contributed by atoms with Gasteiger partial charge in [0.25, 0.3) is 5.56 Å². The Bertz CT molecular complexity index is 1770. The fraction of sp³-hybridized carbons (Fsp3) is 0.548. The molecule has 1 aliphatic heterocycles. The Kier molecular flexibility index (Phi) is 8.64. The number of aryl methyl sites for hydroxylation is 1. The number of aromatic nitrogens is 5. The number of halogens is 1. The van der Waals surface area contributed by atoms with Gasteiger partial charge in [0, 0.05) is 83.4 Å². The molecule has 238 valence electrons. The molecule has 0 radical (unpaired) electrons. The first-order chi connectivity index (χ1) is 20.5. The predicted octanol–water partition coefficient (Wildman–Crippen LogP) is 5.70. The van der Waals surface area contributed by atoms with Crippen molar-refractivity contribution in [1.29, 1.82) is 0 Å². The first kappa shape index (κ1) is 32.1. The molecule has 1 fully saturated rings. The zero-order valence-electron chi connectivity index (χ0n) is 27.3. The second kappa shape index (κ2) is 11.9. The molecule has 0 saturated carbocycles. The molecule has 5 rings (SSSR count). The number of anilines is 1. The molecule has 13 heteroatoms. The van der Waals surface area contributed by atoms with Crippen molar-refractivity contribution in [2.45, 2.75) is 71.8 Å². The third kappa shape index (κ3) is 6.52. The van der Waals surface area contributed by atoms with Crippen molar-refractivity contribution in [1.82, 2.24) is 28.8 Å². The van der Waals surface area contributed by atoms with Crippen molar-refractivity contribution in [3.8, 4) is 11.1 Å².